The van der Waals surface area contributed by atoms with E-state index in [1.807, 2.05) is 0 Å². The lowest BCUT2D eigenvalue weighted by Gasteiger charge is -2.21. The molecule has 1 unspecified atom stereocenters. The summed E-state index contributed by atoms with van der Waals surface area (Å²) in [5, 5.41) is 9.00. The summed E-state index contributed by atoms with van der Waals surface area (Å²) >= 11 is 0. The predicted octanol–water partition coefficient (Wildman–Crippen LogP) is 2.68. The van der Waals surface area contributed by atoms with E-state index in [-0.39, 0.29) is 23.4 Å². The maximum Gasteiger partial charge on any atom is 0.182 e. The largest absolute Gasteiger partial charge is 0.508 e. The molecule has 0 aliphatic carbocycles. The molecular weight excluding hydrogens is 384 g/mol. The van der Waals surface area contributed by atoms with Gasteiger partial charge >= 0.3 is 0 Å². The molecule has 0 aromatic heterocycles. The van der Waals surface area contributed by atoms with Crippen molar-refractivity contribution >= 4 is 22.2 Å². The summed E-state index contributed by atoms with van der Waals surface area (Å²) in [5.41, 5.74) is 2.81. The van der Waals surface area contributed by atoms with Crippen LogP contribution in [0.3, 0.4) is 0 Å². The van der Waals surface area contributed by atoms with Gasteiger partial charge in [0, 0.05) is 32.7 Å². The van der Waals surface area contributed by atoms with Crippen LogP contribution in [0.15, 0.2) is 53.4 Å². The van der Waals surface area contributed by atoms with E-state index < -0.39 is 9.84 Å². The fourth-order valence-corrected chi connectivity index (χ4v) is 5.65. The van der Waals surface area contributed by atoms with Gasteiger partial charge in [-0.15, -0.1) is 12.4 Å². The lowest BCUT2D eigenvalue weighted by atomic mass is 10.1. The third-order valence-electron chi connectivity index (χ3n) is 5.47. The SMILES string of the molecule is Cl.O=S(=O)(c1ccc(O)cc1)C1CCN(CCN2Cc3ccccc3C2)C1. The average molecular weight is 409 g/mol. The van der Waals surface area contributed by atoms with Crippen LogP contribution in [0.25, 0.3) is 0 Å². The van der Waals surface area contributed by atoms with Crippen molar-refractivity contribution in [3.63, 3.8) is 0 Å². The van der Waals surface area contributed by atoms with Crippen LogP contribution >= 0.6 is 12.4 Å². The first-order valence-corrected chi connectivity index (χ1v) is 10.6. The highest BCUT2D eigenvalue weighted by molar-refractivity contribution is 7.92. The van der Waals surface area contributed by atoms with Crippen molar-refractivity contribution in [1.82, 2.24) is 9.80 Å². The van der Waals surface area contributed by atoms with Gasteiger partial charge in [-0.3, -0.25) is 4.90 Å². The zero-order chi connectivity index (χ0) is 18.1. The van der Waals surface area contributed by atoms with E-state index in [2.05, 4.69) is 34.1 Å². The third-order valence-corrected chi connectivity index (χ3v) is 7.66. The number of sulfone groups is 1. The fraction of sp³-hybridized carbons (Fsp3) is 0.400. The molecule has 2 aliphatic rings. The van der Waals surface area contributed by atoms with Crippen LogP contribution in [0, 0.1) is 0 Å². The second-order valence-electron chi connectivity index (χ2n) is 7.23. The molecule has 0 bridgehead atoms. The van der Waals surface area contributed by atoms with Gasteiger partial charge < -0.3 is 10.0 Å². The lowest BCUT2D eigenvalue weighted by Crippen LogP contribution is -2.33. The molecule has 5 nitrogen and oxygen atoms in total. The minimum atomic E-state index is -3.34. The summed E-state index contributed by atoms with van der Waals surface area (Å²) in [5.74, 6) is 0.0867. The molecule has 0 amide bonds. The molecule has 2 aromatic carbocycles. The molecule has 2 aromatic rings. The Hall–Kier alpha value is -1.60. The van der Waals surface area contributed by atoms with Crippen LogP contribution in [-0.2, 0) is 22.9 Å². The Bertz CT molecular complexity index is 861. The first-order valence-electron chi connectivity index (χ1n) is 9.07. The highest BCUT2D eigenvalue weighted by Crippen LogP contribution is 2.26. The van der Waals surface area contributed by atoms with E-state index in [0.717, 1.165) is 32.7 Å². The number of halogens is 1. The van der Waals surface area contributed by atoms with E-state index >= 15 is 0 Å². The minimum Gasteiger partial charge on any atom is -0.508 e. The normalized spacial score (nSPS) is 20.4. The maximum absolute atomic E-state index is 12.8. The van der Waals surface area contributed by atoms with Crippen LogP contribution in [0.4, 0.5) is 0 Å². The van der Waals surface area contributed by atoms with Crippen molar-refractivity contribution in [1.29, 1.82) is 0 Å². The van der Waals surface area contributed by atoms with Gasteiger partial charge in [-0.05, 0) is 48.4 Å². The Morgan fingerprint density at radius 2 is 1.52 bits per heavy atom. The molecule has 1 fully saturated rings. The van der Waals surface area contributed by atoms with Gasteiger partial charge in [0.15, 0.2) is 9.84 Å². The number of hydrogen-bond donors (Lipinski definition) is 1. The molecule has 2 heterocycles. The van der Waals surface area contributed by atoms with Crippen LogP contribution in [0.1, 0.15) is 17.5 Å². The summed E-state index contributed by atoms with van der Waals surface area (Å²) in [6.07, 6.45) is 0.670. The molecule has 1 atom stereocenters. The topological polar surface area (TPSA) is 60.9 Å². The van der Waals surface area contributed by atoms with Gasteiger partial charge in [-0.25, -0.2) is 8.42 Å². The van der Waals surface area contributed by atoms with Crippen LogP contribution in [0.2, 0.25) is 0 Å². The number of rotatable bonds is 5. The summed E-state index contributed by atoms with van der Waals surface area (Å²) in [6.45, 7) is 5.24. The van der Waals surface area contributed by atoms with Gasteiger partial charge in [0.1, 0.15) is 5.75 Å². The number of likely N-dealkylation sites (tertiary alicyclic amines) is 1. The van der Waals surface area contributed by atoms with E-state index in [4.69, 9.17) is 0 Å². The van der Waals surface area contributed by atoms with Crippen molar-refractivity contribution in [3.05, 3.63) is 59.7 Å². The number of fused-ring (bicyclic) bond motifs is 1. The Labute approximate surface area is 166 Å². The predicted molar refractivity (Wildman–Crippen MR) is 108 cm³/mol. The Morgan fingerprint density at radius 3 is 2.15 bits per heavy atom. The third kappa shape index (κ3) is 4.29. The molecule has 1 N–H and O–H groups in total. The monoisotopic (exact) mass is 408 g/mol. The van der Waals surface area contributed by atoms with Crippen molar-refractivity contribution < 1.29 is 13.5 Å². The summed E-state index contributed by atoms with van der Waals surface area (Å²) in [6, 6.07) is 14.4. The number of phenols is 1. The second kappa shape index (κ2) is 8.19. The van der Waals surface area contributed by atoms with Gasteiger partial charge in [-0.2, -0.15) is 0 Å². The average Bonchev–Trinajstić information content (AvgIpc) is 3.27. The van der Waals surface area contributed by atoms with Crippen molar-refractivity contribution in [2.75, 3.05) is 26.2 Å². The Kier molecular flexibility index (Phi) is 6.11. The van der Waals surface area contributed by atoms with E-state index in [9.17, 15) is 13.5 Å². The molecule has 0 radical (unpaired) electrons. The molecule has 7 heteroatoms. The first-order chi connectivity index (χ1) is 12.5. The van der Waals surface area contributed by atoms with Crippen molar-refractivity contribution in [2.24, 2.45) is 0 Å². The Morgan fingerprint density at radius 1 is 0.926 bits per heavy atom. The minimum absolute atomic E-state index is 0. The number of phenolic OH excluding ortho intramolecular Hbond substituents is 1. The van der Waals surface area contributed by atoms with Gasteiger partial charge in [0.25, 0.3) is 0 Å². The maximum atomic E-state index is 12.8. The molecule has 0 spiro atoms. The van der Waals surface area contributed by atoms with Gasteiger partial charge in [0.2, 0.25) is 0 Å². The second-order valence-corrected chi connectivity index (χ2v) is 9.46. The molecule has 27 heavy (non-hydrogen) atoms. The zero-order valence-electron chi connectivity index (χ0n) is 15.1. The van der Waals surface area contributed by atoms with E-state index in [0.29, 0.717) is 17.9 Å². The van der Waals surface area contributed by atoms with Gasteiger partial charge in [-0.1, -0.05) is 24.3 Å². The van der Waals surface area contributed by atoms with Crippen molar-refractivity contribution in [2.45, 2.75) is 29.7 Å². The van der Waals surface area contributed by atoms with Gasteiger partial charge in [0.05, 0.1) is 10.1 Å². The standard InChI is InChI=1S/C20H24N2O3S.ClH/c23-18-5-7-19(8-6-18)26(24,25)20-9-10-21(15-20)11-12-22-13-16-3-1-2-4-17(16)14-22;/h1-8,20,23H,9-15H2;1H. The van der Waals surface area contributed by atoms with Crippen LogP contribution < -0.4 is 0 Å². The summed E-state index contributed by atoms with van der Waals surface area (Å²) < 4.78 is 25.6. The molecule has 0 saturated carbocycles. The molecular formula is C20H25ClN2O3S. The summed E-state index contributed by atoms with van der Waals surface area (Å²) in [7, 11) is -3.34. The Balaban J connectivity index is 0.00000210. The molecule has 1 saturated heterocycles. The fourth-order valence-electron chi connectivity index (χ4n) is 3.93. The number of hydrogen-bond acceptors (Lipinski definition) is 5. The van der Waals surface area contributed by atoms with Crippen LogP contribution in [-0.4, -0.2) is 54.8 Å². The van der Waals surface area contributed by atoms with E-state index in [1.54, 1.807) is 0 Å². The summed E-state index contributed by atoms with van der Waals surface area (Å²) in [4.78, 5) is 4.98. The highest BCUT2D eigenvalue weighted by Gasteiger charge is 2.34. The molecule has 2 aliphatic heterocycles. The number of nitrogens with zero attached hydrogens (tertiary/aromatic N) is 2. The van der Waals surface area contributed by atoms with E-state index in [1.165, 1.54) is 35.4 Å². The van der Waals surface area contributed by atoms with Crippen molar-refractivity contribution in [3.8, 4) is 5.75 Å². The first kappa shape index (κ1) is 20.1. The smallest absolute Gasteiger partial charge is 0.182 e. The highest BCUT2D eigenvalue weighted by atomic mass is 35.5. The van der Waals surface area contributed by atoms with Crippen LogP contribution in [0.5, 0.6) is 5.75 Å². The zero-order valence-corrected chi connectivity index (χ0v) is 16.8. The number of aromatic hydroxyl groups is 1. The molecule has 4 rings (SSSR count). The quantitative estimate of drug-likeness (QED) is 0.824. The number of benzene rings is 2. The molecule has 146 valence electrons. The lowest BCUT2D eigenvalue weighted by molar-refractivity contribution is 0.228.